The van der Waals surface area contributed by atoms with E-state index in [0.717, 1.165) is 17.7 Å². The maximum atomic E-state index is 8.59. The minimum atomic E-state index is 0.842. The monoisotopic (exact) mass is 252 g/mol. The fourth-order valence-corrected chi connectivity index (χ4v) is 1.76. The van der Waals surface area contributed by atoms with Gasteiger partial charge < -0.3 is 10.5 Å². The van der Waals surface area contributed by atoms with Crippen molar-refractivity contribution < 1.29 is 5.21 Å². The van der Waals surface area contributed by atoms with E-state index in [0.29, 0.717) is 0 Å². The van der Waals surface area contributed by atoms with Crippen molar-refractivity contribution in [2.45, 2.75) is 6.42 Å². The number of nitrogens with zero attached hydrogens (tertiary/aromatic N) is 1. The Morgan fingerprint density at radius 3 is 2.53 bits per heavy atom. The predicted octanol–water partition coefficient (Wildman–Crippen LogP) is 3.66. The van der Waals surface area contributed by atoms with Crippen LogP contribution in [0.15, 0.2) is 72.0 Å². The largest absolute Gasteiger partial charge is 0.411 e. The van der Waals surface area contributed by atoms with Crippen LogP contribution in [0.5, 0.6) is 0 Å². The van der Waals surface area contributed by atoms with Crippen molar-refractivity contribution >= 4 is 11.9 Å². The van der Waals surface area contributed by atoms with E-state index in [-0.39, 0.29) is 0 Å². The first-order chi connectivity index (χ1) is 9.40. The number of oxime groups is 1. The molecular formula is C16H16N2O. The fraction of sp³-hybridized carbons (Fsp3) is 0.0625. The lowest BCUT2D eigenvalue weighted by atomic mass is 10.1. The Balaban J connectivity index is 1.95. The number of para-hydroxylation sites is 1. The van der Waals surface area contributed by atoms with Gasteiger partial charge in [-0.3, -0.25) is 0 Å². The lowest BCUT2D eigenvalue weighted by molar-refractivity contribution is 0.322. The summed E-state index contributed by atoms with van der Waals surface area (Å²) < 4.78 is 0. The second kappa shape index (κ2) is 7.01. The third kappa shape index (κ3) is 4.00. The van der Waals surface area contributed by atoms with Gasteiger partial charge in [0.15, 0.2) is 0 Å². The van der Waals surface area contributed by atoms with Crippen LogP contribution in [0.25, 0.3) is 0 Å². The molecule has 0 aliphatic rings. The Morgan fingerprint density at radius 2 is 1.74 bits per heavy atom. The molecule has 0 atom stereocenters. The fourth-order valence-electron chi connectivity index (χ4n) is 1.76. The lowest BCUT2D eigenvalue weighted by Crippen LogP contribution is -1.93. The summed E-state index contributed by atoms with van der Waals surface area (Å²) in [4.78, 5) is 0. The number of hydrogen-bond acceptors (Lipinski definition) is 3. The van der Waals surface area contributed by atoms with Crippen molar-refractivity contribution in [1.29, 1.82) is 0 Å². The van der Waals surface area contributed by atoms with E-state index < -0.39 is 0 Å². The topological polar surface area (TPSA) is 44.6 Å². The van der Waals surface area contributed by atoms with Crippen molar-refractivity contribution in [3.05, 3.63) is 78.0 Å². The number of benzene rings is 2. The van der Waals surface area contributed by atoms with Gasteiger partial charge >= 0.3 is 0 Å². The lowest BCUT2D eigenvalue weighted by Gasteiger charge is -2.04. The molecule has 3 nitrogen and oxygen atoms in total. The Labute approximate surface area is 112 Å². The maximum Gasteiger partial charge on any atom is 0.0754 e. The summed E-state index contributed by atoms with van der Waals surface area (Å²) in [5.41, 5.74) is 3.02. The van der Waals surface area contributed by atoms with Crippen molar-refractivity contribution in [2.75, 3.05) is 5.32 Å². The van der Waals surface area contributed by atoms with E-state index in [2.05, 4.69) is 28.7 Å². The number of allylic oxidation sites excluding steroid dienone is 1. The summed E-state index contributed by atoms with van der Waals surface area (Å²) in [5.74, 6) is 0. The molecule has 0 aliphatic heterocycles. The van der Waals surface area contributed by atoms with Gasteiger partial charge in [0.25, 0.3) is 0 Å². The predicted molar refractivity (Wildman–Crippen MR) is 78.7 cm³/mol. The smallest absolute Gasteiger partial charge is 0.0754 e. The van der Waals surface area contributed by atoms with Crippen LogP contribution in [0, 0.1) is 0 Å². The van der Waals surface area contributed by atoms with E-state index >= 15 is 0 Å². The van der Waals surface area contributed by atoms with Gasteiger partial charge in [-0.15, -0.1) is 0 Å². The Kier molecular flexibility index (Phi) is 4.76. The number of anilines is 1. The Morgan fingerprint density at radius 1 is 1.00 bits per heavy atom. The standard InChI is InChI=1S/C16H16N2O/c19-18-13-15-10-4-5-11-16(15)17-12-6-9-14-7-2-1-3-8-14/h1-8,10-13,17,19H,9H2/b12-6+,18-13+. The highest BCUT2D eigenvalue weighted by atomic mass is 16.4. The molecule has 0 saturated heterocycles. The molecule has 0 spiro atoms. The summed E-state index contributed by atoms with van der Waals surface area (Å²) in [5, 5.41) is 14.8. The molecule has 0 aromatic heterocycles. The zero-order chi connectivity index (χ0) is 13.3. The van der Waals surface area contributed by atoms with Crippen molar-refractivity contribution in [3.63, 3.8) is 0 Å². The molecule has 0 unspecified atom stereocenters. The van der Waals surface area contributed by atoms with Crippen LogP contribution < -0.4 is 5.32 Å². The quantitative estimate of drug-likeness (QED) is 0.484. The summed E-state index contributed by atoms with van der Waals surface area (Å²) in [6, 6.07) is 17.9. The molecule has 0 heterocycles. The molecule has 2 aromatic carbocycles. The molecule has 0 radical (unpaired) electrons. The average Bonchev–Trinajstić information content (AvgIpc) is 2.47. The van der Waals surface area contributed by atoms with Crippen molar-refractivity contribution in [2.24, 2.45) is 5.16 Å². The van der Waals surface area contributed by atoms with Crippen LogP contribution in [0.3, 0.4) is 0 Å². The zero-order valence-electron chi connectivity index (χ0n) is 10.5. The van der Waals surface area contributed by atoms with E-state index in [4.69, 9.17) is 5.21 Å². The van der Waals surface area contributed by atoms with Crippen molar-refractivity contribution in [3.8, 4) is 0 Å². The first-order valence-corrected chi connectivity index (χ1v) is 6.12. The molecule has 2 aromatic rings. The minimum absolute atomic E-state index is 0.842. The van der Waals surface area contributed by atoms with Crippen LogP contribution in [-0.4, -0.2) is 11.4 Å². The third-order valence-corrected chi connectivity index (χ3v) is 2.71. The van der Waals surface area contributed by atoms with Gasteiger partial charge in [-0.2, -0.15) is 0 Å². The molecule has 2 rings (SSSR count). The van der Waals surface area contributed by atoms with E-state index in [1.807, 2.05) is 48.7 Å². The van der Waals surface area contributed by atoms with E-state index in [1.165, 1.54) is 11.8 Å². The summed E-state index contributed by atoms with van der Waals surface area (Å²) in [6.45, 7) is 0. The van der Waals surface area contributed by atoms with Crippen LogP contribution in [0.2, 0.25) is 0 Å². The molecule has 0 fully saturated rings. The van der Waals surface area contributed by atoms with Gasteiger partial charge in [0.2, 0.25) is 0 Å². The average molecular weight is 252 g/mol. The number of nitrogens with one attached hydrogen (secondary N) is 1. The zero-order valence-corrected chi connectivity index (χ0v) is 10.5. The molecule has 2 N–H and O–H groups in total. The van der Waals surface area contributed by atoms with Crippen molar-refractivity contribution in [1.82, 2.24) is 0 Å². The summed E-state index contributed by atoms with van der Waals surface area (Å²) in [7, 11) is 0. The van der Waals surface area contributed by atoms with Gasteiger partial charge in [-0.25, -0.2) is 0 Å². The highest BCUT2D eigenvalue weighted by Gasteiger charge is 1.95. The number of rotatable bonds is 5. The Bertz CT molecular complexity index is 562. The maximum absolute atomic E-state index is 8.59. The highest BCUT2D eigenvalue weighted by Crippen LogP contribution is 2.12. The van der Waals surface area contributed by atoms with E-state index in [1.54, 1.807) is 0 Å². The van der Waals surface area contributed by atoms with Crippen LogP contribution >= 0.6 is 0 Å². The van der Waals surface area contributed by atoms with Crippen LogP contribution in [0.4, 0.5) is 5.69 Å². The normalized spacial score (nSPS) is 11.2. The molecule has 0 aliphatic carbocycles. The van der Waals surface area contributed by atoms with Gasteiger partial charge in [0.1, 0.15) is 0 Å². The van der Waals surface area contributed by atoms with Crippen LogP contribution in [0.1, 0.15) is 11.1 Å². The van der Waals surface area contributed by atoms with Crippen LogP contribution in [-0.2, 0) is 6.42 Å². The molecule has 19 heavy (non-hydrogen) atoms. The number of hydrogen-bond donors (Lipinski definition) is 2. The summed E-state index contributed by atoms with van der Waals surface area (Å²) >= 11 is 0. The third-order valence-electron chi connectivity index (χ3n) is 2.71. The second-order valence-corrected chi connectivity index (χ2v) is 4.07. The van der Waals surface area contributed by atoms with Gasteiger partial charge in [0, 0.05) is 11.3 Å². The molecule has 96 valence electrons. The van der Waals surface area contributed by atoms with Gasteiger partial charge in [-0.05, 0) is 24.3 Å². The van der Waals surface area contributed by atoms with Gasteiger partial charge in [-0.1, -0.05) is 59.8 Å². The van der Waals surface area contributed by atoms with Gasteiger partial charge in [0.05, 0.1) is 6.21 Å². The summed E-state index contributed by atoms with van der Waals surface area (Å²) in [6.07, 6.45) is 6.25. The first-order valence-electron chi connectivity index (χ1n) is 6.12. The molecule has 3 heteroatoms. The molecule has 0 amide bonds. The Hall–Kier alpha value is -2.55. The van der Waals surface area contributed by atoms with E-state index in [9.17, 15) is 0 Å². The second-order valence-electron chi connectivity index (χ2n) is 4.07. The SMILES string of the molecule is O/N=C/c1ccccc1N/C=C/Cc1ccccc1. The highest BCUT2D eigenvalue weighted by molar-refractivity contribution is 5.87. The first kappa shape index (κ1) is 12.9. The molecular weight excluding hydrogens is 236 g/mol. The molecule has 0 bridgehead atoms. The minimum Gasteiger partial charge on any atom is -0.411 e. The molecule has 0 saturated carbocycles.